The average Bonchev–Trinajstić information content (AvgIpc) is 2.31. The summed E-state index contributed by atoms with van der Waals surface area (Å²) in [5, 5.41) is 16.0. The van der Waals surface area contributed by atoms with E-state index >= 15 is 0 Å². The van der Waals surface area contributed by atoms with Crippen LogP contribution in [-0.2, 0) is 4.79 Å². The number of piperidine rings is 2. The molecule has 15 heavy (non-hydrogen) atoms. The van der Waals surface area contributed by atoms with Gasteiger partial charge < -0.3 is 15.7 Å². The van der Waals surface area contributed by atoms with Gasteiger partial charge in [0.25, 0.3) is 0 Å². The lowest BCUT2D eigenvalue weighted by Crippen LogP contribution is -2.67. The number of carbonyl (C=O) groups is 1. The van der Waals surface area contributed by atoms with E-state index in [0.717, 1.165) is 45.2 Å². The molecule has 2 heterocycles. The van der Waals surface area contributed by atoms with Crippen molar-refractivity contribution in [2.45, 2.75) is 50.1 Å². The summed E-state index contributed by atoms with van der Waals surface area (Å²) in [6.07, 6.45) is 6.19. The standard InChI is InChI=1S/C11H20N2O2/c14-10(15)11(6-2-4-8-13-11)9-5-1-3-7-12-9/h9,12-13H,1-8H2,(H,14,15). The summed E-state index contributed by atoms with van der Waals surface area (Å²) in [6, 6.07) is 0.115. The molecule has 2 rings (SSSR count). The molecule has 0 aliphatic carbocycles. The van der Waals surface area contributed by atoms with E-state index in [9.17, 15) is 9.90 Å². The topological polar surface area (TPSA) is 61.4 Å². The van der Waals surface area contributed by atoms with Crippen molar-refractivity contribution in [3.8, 4) is 0 Å². The average molecular weight is 212 g/mol. The SMILES string of the molecule is O=C(O)C1(C2CCCCN2)CCCCN1. The molecule has 2 aliphatic heterocycles. The molecule has 0 spiro atoms. The third-order valence-electron chi connectivity index (χ3n) is 3.73. The van der Waals surface area contributed by atoms with E-state index in [1.165, 1.54) is 6.42 Å². The first-order valence-corrected chi connectivity index (χ1v) is 5.97. The van der Waals surface area contributed by atoms with E-state index in [4.69, 9.17) is 0 Å². The molecule has 86 valence electrons. The maximum atomic E-state index is 11.5. The molecule has 2 unspecified atom stereocenters. The number of hydrogen-bond acceptors (Lipinski definition) is 3. The number of hydrogen-bond donors (Lipinski definition) is 3. The minimum Gasteiger partial charge on any atom is -0.480 e. The third-order valence-corrected chi connectivity index (χ3v) is 3.73. The van der Waals surface area contributed by atoms with Gasteiger partial charge >= 0.3 is 5.97 Å². The molecule has 0 saturated carbocycles. The number of nitrogens with one attached hydrogen (secondary N) is 2. The molecule has 0 radical (unpaired) electrons. The largest absolute Gasteiger partial charge is 0.480 e. The summed E-state index contributed by atoms with van der Waals surface area (Å²) in [7, 11) is 0. The smallest absolute Gasteiger partial charge is 0.325 e. The van der Waals surface area contributed by atoms with Crippen LogP contribution < -0.4 is 10.6 Å². The first-order chi connectivity index (χ1) is 7.26. The Morgan fingerprint density at radius 3 is 2.53 bits per heavy atom. The van der Waals surface area contributed by atoms with Crippen molar-refractivity contribution in [1.82, 2.24) is 10.6 Å². The maximum absolute atomic E-state index is 11.5. The van der Waals surface area contributed by atoms with Crippen LogP contribution in [0.5, 0.6) is 0 Å². The fourth-order valence-electron chi connectivity index (χ4n) is 2.83. The molecule has 0 bridgehead atoms. The molecule has 0 amide bonds. The highest BCUT2D eigenvalue weighted by molar-refractivity contribution is 5.80. The Morgan fingerprint density at radius 1 is 1.20 bits per heavy atom. The molecule has 2 saturated heterocycles. The van der Waals surface area contributed by atoms with E-state index in [-0.39, 0.29) is 6.04 Å². The van der Waals surface area contributed by atoms with E-state index in [1.807, 2.05) is 0 Å². The second kappa shape index (κ2) is 4.49. The van der Waals surface area contributed by atoms with Gasteiger partial charge in [-0.3, -0.25) is 4.79 Å². The van der Waals surface area contributed by atoms with Gasteiger partial charge in [-0.25, -0.2) is 0 Å². The fourth-order valence-corrected chi connectivity index (χ4v) is 2.83. The van der Waals surface area contributed by atoms with Gasteiger partial charge in [0.05, 0.1) is 0 Å². The molecular weight excluding hydrogens is 192 g/mol. The Balaban J connectivity index is 2.12. The third kappa shape index (κ3) is 2.01. The van der Waals surface area contributed by atoms with Gasteiger partial charge in [-0.05, 0) is 45.2 Å². The van der Waals surface area contributed by atoms with Gasteiger partial charge in [0.2, 0.25) is 0 Å². The maximum Gasteiger partial charge on any atom is 0.325 e. The van der Waals surface area contributed by atoms with Crippen molar-refractivity contribution < 1.29 is 9.90 Å². The van der Waals surface area contributed by atoms with Crippen LogP contribution in [0.1, 0.15) is 38.5 Å². The van der Waals surface area contributed by atoms with Crippen molar-refractivity contribution in [2.24, 2.45) is 0 Å². The predicted molar refractivity (Wildman–Crippen MR) is 57.9 cm³/mol. The molecule has 4 heteroatoms. The minimum atomic E-state index is -0.696. The summed E-state index contributed by atoms with van der Waals surface area (Å²) in [5.41, 5.74) is -0.696. The number of carboxylic acid groups (broad SMARTS) is 1. The number of carboxylic acids is 1. The van der Waals surface area contributed by atoms with Gasteiger partial charge in [0, 0.05) is 6.04 Å². The molecular formula is C11H20N2O2. The summed E-state index contributed by atoms with van der Waals surface area (Å²) in [6.45, 7) is 1.80. The lowest BCUT2D eigenvalue weighted by atomic mass is 9.78. The minimum absolute atomic E-state index is 0.115. The van der Waals surface area contributed by atoms with Gasteiger partial charge in [-0.2, -0.15) is 0 Å². The quantitative estimate of drug-likeness (QED) is 0.631. The Bertz CT molecular complexity index is 231. The molecule has 2 fully saturated rings. The van der Waals surface area contributed by atoms with Crippen LogP contribution in [-0.4, -0.2) is 35.7 Å². The van der Waals surface area contributed by atoms with Crippen molar-refractivity contribution in [3.63, 3.8) is 0 Å². The van der Waals surface area contributed by atoms with Crippen molar-refractivity contribution in [1.29, 1.82) is 0 Å². The first-order valence-electron chi connectivity index (χ1n) is 5.97. The van der Waals surface area contributed by atoms with E-state index in [0.29, 0.717) is 0 Å². The highest BCUT2D eigenvalue weighted by Crippen LogP contribution is 2.28. The normalized spacial score (nSPS) is 37.5. The Kier molecular flexibility index (Phi) is 3.26. The number of aliphatic carboxylic acids is 1. The molecule has 2 atom stereocenters. The summed E-state index contributed by atoms with van der Waals surface area (Å²) in [5.74, 6) is -0.679. The lowest BCUT2D eigenvalue weighted by Gasteiger charge is -2.43. The van der Waals surface area contributed by atoms with E-state index < -0.39 is 11.5 Å². The van der Waals surface area contributed by atoms with Crippen LogP contribution in [0.2, 0.25) is 0 Å². The van der Waals surface area contributed by atoms with Crippen LogP contribution in [0.15, 0.2) is 0 Å². The Labute approximate surface area is 90.4 Å². The molecule has 0 aromatic carbocycles. The van der Waals surface area contributed by atoms with Crippen LogP contribution in [0, 0.1) is 0 Å². The Hall–Kier alpha value is -0.610. The highest BCUT2D eigenvalue weighted by Gasteiger charge is 2.46. The second-order valence-electron chi connectivity index (χ2n) is 4.66. The van der Waals surface area contributed by atoms with Crippen LogP contribution in [0.25, 0.3) is 0 Å². The molecule has 4 nitrogen and oxygen atoms in total. The van der Waals surface area contributed by atoms with E-state index in [1.54, 1.807) is 0 Å². The highest BCUT2D eigenvalue weighted by atomic mass is 16.4. The zero-order valence-corrected chi connectivity index (χ0v) is 9.09. The molecule has 3 N–H and O–H groups in total. The number of rotatable bonds is 2. The molecule has 0 aromatic rings. The summed E-state index contributed by atoms with van der Waals surface area (Å²) >= 11 is 0. The van der Waals surface area contributed by atoms with Crippen molar-refractivity contribution >= 4 is 5.97 Å². The monoisotopic (exact) mass is 212 g/mol. The van der Waals surface area contributed by atoms with Gasteiger partial charge in [0.15, 0.2) is 0 Å². The fraction of sp³-hybridized carbons (Fsp3) is 0.909. The van der Waals surface area contributed by atoms with Crippen molar-refractivity contribution in [3.05, 3.63) is 0 Å². The van der Waals surface area contributed by atoms with Crippen molar-refractivity contribution in [2.75, 3.05) is 13.1 Å². The Morgan fingerprint density at radius 2 is 2.00 bits per heavy atom. The van der Waals surface area contributed by atoms with Crippen LogP contribution in [0.4, 0.5) is 0 Å². The van der Waals surface area contributed by atoms with Gasteiger partial charge in [0.1, 0.15) is 5.54 Å². The van der Waals surface area contributed by atoms with Gasteiger partial charge in [-0.15, -0.1) is 0 Å². The summed E-state index contributed by atoms with van der Waals surface area (Å²) in [4.78, 5) is 11.5. The summed E-state index contributed by atoms with van der Waals surface area (Å²) < 4.78 is 0. The second-order valence-corrected chi connectivity index (χ2v) is 4.66. The zero-order chi connectivity index (χ0) is 10.7. The van der Waals surface area contributed by atoms with Crippen LogP contribution in [0.3, 0.4) is 0 Å². The lowest BCUT2D eigenvalue weighted by molar-refractivity contribution is -0.148. The van der Waals surface area contributed by atoms with Crippen LogP contribution >= 0.6 is 0 Å². The van der Waals surface area contributed by atoms with Gasteiger partial charge in [-0.1, -0.05) is 6.42 Å². The zero-order valence-electron chi connectivity index (χ0n) is 9.09. The first kappa shape index (κ1) is 10.9. The molecule has 0 aromatic heterocycles. The van der Waals surface area contributed by atoms with E-state index in [2.05, 4.69) is 10.6 Å². The predicted octanol–water partition coefficient (Wildman–Crippen LogP) is 0.725. The molecule has 2 aliphatic rings.